The molecule has 0 aromatic rings. The van der Waals surface area contributed by atoms with Crippen LogP contribution in [0.4, 0.5) is 0 Å². The van der Waals surface area contributed by atoms with E-state index in [4.69, 9.17) is 4.74 Å². The van der Waals surface area contributed by atoms with E-state index in [-0.39, 0.29) is 11.6 Å². The maximum absolute atomic E-state index is 10.4. The minimum absolute atomic E-state index is 0.0743. The summed E-state index contributed by atoms with van der Waals surface area (Å²) in [4.78, 5) is 2.44. The molecule has 0 bridgehead atoms. The molecule has 2 atom stereocenters. The van der Waals surface area contributed by atoms with Crippen LogP contribution in [0.25, 0.3) is 0 Å². The normalized spacial score (nSPS) is 28.8. The Bertz CT molecular complexity index is 230. The molecule has 100 valence electrons. The molecule has 0 amide bonds. The van der Waals surface area contributed by atoms with Crippen LogP contribution in [0.5, 0.6) is 0 Å². The van der Waals surface area contributed by atoms with Gasteiger partial charge in [-0.15, -0.1) is 0 Å². The van der Waals surface area contributed by atoms with E-state index in [9.17, 15) is 5.11 Å². The van der Waals surface area contributed by atoms with Crippen molar-refractivity contribution in [1.82, 2.24) is 4.90 Å². The number of aliphatic hydroxyl groups is 1. The van der Waals surface area contributed by atoms with Crippen molar-refractivity contribution in [2.24, 2.45) is 0 Å². The fourth-order valence-electron chi connectivity index (χ4n) is 3.07. The summed E-state index contributed by atoms with van der Waals surface area (Å²) < 4.78 is 5.62. The molecule has 2 unspecified atom stereocenters. The van der Waals surface area contributed by atoms with Crippen LogP contribution >= 0.6 is 0 Å². The molecule has 0 radical (unpaired) electrons. The van der Waals surface area contributed by atoms with Crippen molar-refractivity contribution in [2.75, 3.05) is 19.7 Å². The average molecular weight is 241 g/mol. The first kappa shape index (κ1) is 13.3. The Labute approximate surface area is 105 Å². The van der Waals surface area contributed by atoms with Gasteiger partial charge in [0.1, 0.15) is 0 Å². The Balaban J connectivity index is 1.78. The molecule has 2 fully saturated rings. The van der Waals surface area contributed by atoms with Gasteiger partial charge in [-0.25, -0.2) is 0 Å². The maximum atomic E-state index is 10.4. The molecule has 0 saturated carbocycles. The smallest absolute Gasteiger partial charge is 0.0719 e. The van der Waals surface area contributed by atoms with Crippen molar-refractivity contribution in [1.29, 1.82) is 0 Å². The average Bonchev–Trinajstić information content (AvgIpc) is 2.98. The molecule has 0 aromatic heterocycles. The van der Waals surface area contributed by atoms with Gasteiger partial charge in [0.2, 0.25) is 0 Å². The molecule has 17 heavy (non-hydrogen) atoms. The third kappa shape index (κ3) is 3.21. The van der Waals surface area contributed by atoms with E-state index in [1.54, 1.807) is 0 Å². The lowest BCUT2D eigenvalue weighted by Crippen LogP contribution is -2.51. The molecule has 0 aromatic carbocycles. The molecule has 2 heterocycles. The number of nitrogens with zero attached hydrogens (tertiary/aromatic N) is 1. The molecule has 2 rings (SSSR count). The van der Waals surface area contributed by atoms with E-state index < -0.39 is 0 Å². The lowest BCUT2D eigenvalue weighted by atomic mass is 9.90. The maximum Gasteiger partial charge on any atom is 0.0719 e. The molecule has 2 aliphatic heterocycles. The van der Waals surface area contributed by atoms with Crippen LogP contribution in [0.1, 0.15) is 52.4 Å². The number of rotatable bonds is 5. The Morgan fingerprint density at radius 3 is 2.59 bits per heavy atom. The minimum atomic E-state index is -0.232. The summed E-state index contributed by atoms with van der Waals surface area (Å²) in [6.07, 6.45) is 6.98. The van der Waals surface area contributed by atoms with Crippen molar-refractivity contribution in [3.05, 3.63) is 0 Å². The van der Waals surface area contributed by atoms with Crippen molar-refractivity contribution in [3.63, 3.8) is 0 Å². The summed E-state index contributed by atoms with van der Waals surface area (Å²) in [6, 6.07) is 0. The van der Waals surface area contributed by atoms with Gasteiger partial charge in [-0.3, -0.25) is 4.90 Å². The molecule has 1 N–H and O–H groups in total. The van der Waals surface area contributed by atoms with Crippen molar-refractivity contribution < 1.29 is 9.84 Å². The summed E-state index contributed by atoms with van der Waals surface area (Å²) >= 11 is 0. The number of aliphatic hydroxyl groups excluding tert-OH is 1. The quantitative estimate of drug-likeness (QED) is 0.801. The number of ether oxygens (including phenoxy) is 1. The molecule has 3 heteroatoms. The van der Waals surface area contributed by atoms with E-state index in [0.717, 1.165) is 32.5 Å². The summed E-state index contributed by atoms with van der Waals surface area (Å²) in [6.45, 7) is 7.56. The predicted octanol–water partition coefficient (Wildman–Crippen LogP) is 2.18. The number of likely N-dealkylation sites (tertiary alicyclic amines) is 1. The molecular formula is C14H27NO2. The van der Waals surface area contributed by atoms with E-state index in [2.05, 4.69) is 18.7 Å². The number of hydrogen-bond donors (Lipinski definition) is 1. The van der Waals surface area contributed by atoms with Crippen LogP contribution in [0.2, 0.25) is 0 Å². The first-order chi connectivity index (χ1) is 8.10. The summed E-state index contributed by atoms with van der Waals surface area (Å²) in [5.41, 5.74) is -0.0743. The van der Waals surface area contributed by atoms with Crippen LogP contribution in [-0.4, -0.2) is 47.4 Å². The molecule has 2 saturated heterocycles. The topological polar surface area (TPSA) is 32.7 Å². The van der Waals surface area contributed by atoms with E-state index in [0.29, 0.717) is 6.10 Å². The molecule has 0 aliphatic carbocycles. The highest BCUT2D eigenvalue weighted by atomic mass is 16.5. The first-order valence-corrected chi connectivity index (χ1v) is 7.15. The third-order valence-electron chi connectivity index (χ3n) is 4.52. The van der Waals surface area contributed by atoms with Crippen molar-refractivity contribution in [3.8, 4) is 0 Å². The van der Waals surface area contributed by atoms with Gasteiger partial charge in [0.15, 0.2) is 0 Å². The second-order valence-corrected chi connectivity index (χ2v) is 6.08. The lowest BCUT2D eigenvalue weighted by Gasteiger charge is -2.39. The highest BCUT2D eigenvalue weighted by Gasteiger charge is 2.35. The van der Waals surface area contributed by atoms with E-state index in [1.165, 1.54) is 25.7 Å². The molecule has 3 nitrogen and oxygen atoms in total. The second-order valence-electron chi connectivity index (χ2n) is 6.08. The number of hydrogen-bond acceptors (Lipinski definition) is 3. The third-order valence-corrected chi connectivity index (χ3v) is 4.52. The van der Waals surface area contributed by atoms with Crippen molar-refractivity contribution >= 4 is 0 Å². The summed E-state index contributed by atoms with van der Waals surface area (Å²) in [5, 5.41) is 10.4. The first-order valence-electron chi connectivity index (χ1n) is 7.15. The standard InChI is InChI=1S/C14H27NO2/c1-14(2,15-9-3-4-10-15)13(16)8-7-12-6-5-11-17-12/h12-13,16H,3-11H2,1-2H3. The Morgan fingerprint density at radius 1 is 1.29 bits per heavy atom. The highest BCUT2D eigenvalue weighted by Crippen LogP contribution is 2.28. The largest absolute Gasteiger partial charge is 0.391 e. The zero-order chi connectivity index (χ0) is 12.3. The Hall–Kier alpha value is -0.120. The van der Waals surface area contributed by atoms with Crippen molar-refractivity contribution in [2.45, 2.75) is 70.1 Å². The molecule has 0 spiro atoms. The Kier molecular flexibility index (Phi) is 4.45. The zero-order valence-electron chi connectivity index (χ0n) is 11.3. The molecular weight excluding hydrogens is 214 g/mol. The van der Waals surface area contributed by atoms with Crippen LogP contribution in [0, 0.1) is 0 Å². The van der Waals surface area contributed by atoms with E-state index >= 15 is 0 Å². The van der Waals surface area contributed by atoms with Gasteiger partial charge >= 0.3 is 0 Å². The van der Waals surface area contributed by atoms with Crippen LogP contribution in [0.15, 0.2) is 0 Å². The van der Waals surface area contributed by atoms with Crippen LogP contribution < -0.4 is 0 Å². The zero-order valence-corrected chi connectivity index (χ0v) is 11.3. The fourth-order valence-corrected chi connectivity index (χ4v) is 3.07. The molecule has 2 aliphatic rings. The monoisotopic (exact) mass is 241 g/mol. The van der Waals surface area contributed by atoms with Gasteiger partial charge < -0.3 is 9.84 Å². The van der Waals surface area contributed by atoms with Crippen LogP contribution in [0.3, 0.4) is 0 Å². The van der Waals surface area contributed by atoms with Gasteiger partial charge in [0.25, 0.3) is 0 Å². The summed E-state index contributed by atoms with van der Waals surface area (Å²) in [5.74, 6) is 0. The predicted molar refractivity (Wildman–Crippen MR) is 69.1 cm³/mol. The van der Waals surface area contributed by atoms with Gasteiger partial charge in [-0.1, -0.05) is 0 Å². The van der Waals surface area contributed by atoms with Gasteiger partial charge in [0.05, 0.1) is 12.2 Å². The SMILES string of the molecule is CC(C)(C(O)CCC1CCCO1)N1CCCC1. The fraction of sp³-hybridized carbons (Fsp3) is 1.00. The van der Waals surface area contributed by atoms with E-state index in [1.807, 2.05) is 0 Å². The highest BCUT2D eigenvalue weighted by molar-refractivity contribution is 4.91. The minimum Gasteiger partial charge on any atom is -0.391 e. The van der Waals surface area contributed by atoms with Gasteiger partial charge in [-0.2, -0.15) is 0 Å². The van der Waals surface area contributed by atoms with Gasteiger partial charge in [-0.05, 0) is 65.5 Å². The summed E-state index contributed by atoms with van der Waals surface area (Å²) in [7, 11) is 0. The van der Waals surface area contributed by atoms with Crippen LogP contribution in [-0.2, 0) is 4.74 Å². The second kappa shape index (κ2) is 5.68. The van der Waals surface area contributed by atoms with Gasteiger partial charge in [0, 0.05) is 12.1 Å². The lowest BCUT2D eigenvalue weighted by molar-refractivity contribution is -0.0118. The Morgan fingerprint density at radius 2 is 2.00 bits per heavy atom.